The van der Waals surface area contributed by atoms with Gasteiger partial charge in [-0.25, -0.2) is 0 Å². The first kappa shape index (κ1) is 13.9. The molecule has 0 aliphatic rings. The fourth-order valence-corrected chi connectivity index (χ4v) is 1.47. The number of esters is 1. The zero-order valence-electron chi connectivity index (χ0n) is 9.66. The van der Waals surface area contributed by atoms with Crippen LogP contribution >= 0.6 is 0 Å². The monoisotopic (exact) mass is 216 g/mol. The third kappa shape index (κ3) is 6.10. The molecule has 4 heteroatoms. The molecule has 2 unspecified atom stereocenters. The number of carbonyl (C=O) groups excluding carboxylic acids is 1. The fourth-order valence-electron chi connectivity index (χ4n) is 1.47. The molecular formula is C11H20O4. The van der Waals surface area contributed by atoms with E-state index in [0.717, 1.165) is 6.42 Å². The lowest BCUT2D eigenvalue weighted by Crippen LogP contribution is -2.20. The number of hydrogen-bond donors (Lipinski definition) is 1. The van der Waals surface area contributed by atoms with Gasteiger partial charge in [0.05, 0.1) is 6.61 Å². The molecule has 0 amide bonds. The van der Waals surface area contributed by atoms with Gasteiger partial charge in [-0.15, -0.1) is 0 Å². The van der Waals surface area contributed by atoms with Crippen LogP contribution in [-0.4, -0.2) is 23.7 Å². The van der Waals surface area contributed by atoms with Gasteiger partial charge in [-0.05, 0) is 18.8 Å². The van der Waals surface area contributed by atoms with Gasteiger partial charge in [-0.2, -0.15) is 0 Å². The van der Waals surface area contributed by atoms with Gasteiger partial charge in [0.15, 0.2) is 0 Å². The SMILES string of the molecule is CCOC(=O)CC(CC(=O)O)C(C)CC. The van der Waals surface area contributed by atoms with Crippen molar-refractivity contribution in [1.29, 1.82) is 0 Å². The summed E-state index contributed by atoms with van der Waals surface area (Å²) in [6.07, 6.45) is 1.11. The summed E-state index contributed by atoms with van der Waals surface area (Å²) in [6.45, 7) is 6.05. The molecule has 0 heterocycles. The molecule has 0 aliphatic carbocycles. The Morgan fingerprint density at radius 3 is 2.27 bits per heavy atom. The molecule has 2 atom stereocenters. The van der Waals surface area contributed by atoms with E-state index >= 15 is 0 Å². The van der Waals surface area contributed by atoms with Crippen LogP contribution in [0.25, 0.3) is 0 Å². The molecule has 0 radical (unpaired) electrons. The van der Waals surface area contributed by atoms with E-state index in [9.17, 15) is 9.59 Å². The summed E-state index contributed by atoms with van der Waals surface area (Å²) < 4.78 is 4.82. The average molecular weight is 216 g/mol. The number of ether oxygens (including phenoxy) is 1. The molecule has 15 heavy (non-hydrogen) atoms. The van der Waals surface area contributed by atoms with Crippen LogP contribution < -0.4 is 0 Å². The molecule has 0 bridgehead atoms. The Hall–Kier alpha value is -1.06. The quantitative estimate of drug-likeness (QED) is 0.662. The standard InChI is InChI=1S/C11H20O4/c1-4-8(3)9(6-10(12)13)7-11(14)15-5-2/h8-9H,4-7H2,1-3H3,(H,12,13). The Morgan fingerprint density at radius 1 is 1.27 bits per heavy atom. The van der Waals surface area contributed by atoms with E-state index < -0.39 is 5.97 Å². The summed E-state index contributed by atoms with van der Waals surface area (Å²) in [6, 6.07) is 0. The molecule has 0 saturated carbocycles. The minimum Gasteiger partial charge on any atom is -0.481 e. The Labute approximate surface area is 90.6 Å². The maximum atomic E-state index is 11.2. The molecule has 88 valence electrons. The summed E-state index contributed by atoms with van der Waals surface area (Å²) in [4.78, 5) is 21.9. The van der Waals surface area contributed by atoms with Crippen molar-refractivity contribution in [3.05, 3.63) is 0 Å². The Morgan fingerprint density at radius 2 is 1.87 bits per heavy atom. The van der Waals surface area contributed by atoms with E-state index in [-0.39, 0.29) is 30.6 Å². The maximum absolute atomic E-state index is 11.2. The first-order valence-electron chi connectivity index (χ1n) is 5.38. The predicted octanol–water partition coefficient (Wildman–Crippen LogP) is 2.08. The molecular weight excluding hydrogens is 196 g/mol. The van der Waals surface area contributed by atoms with Crippen molar-refractivity contribution < 1.29 is 19.4 Å². The summed E-state index contributed by atoms with van der Waals surface area (Å²) >= 11 is 0. The molecule has 4 nitrogen and oxygen atoms in total. The van der Waals surface area contributed by atoms with Crippen molar-refractivity contribution in [3.63, 3.8) is 0 Å². The maximum Gasteiger partial charge on any atom is 0.306 e. The van der Waals surface area contributed by atoms with Crippen molar-refractivity contribution >= 4 is 11.9 Å². The lowest BCUT2D eigenvalue weighted by molar-refractivity contribution is -0.145. The minimum atomic E-state index is -0.857. The Kier molecular flexibility index (Phi) is 6.75. The van der Waals surface area contributed by atoms with Crippen LogP contribution in [0.5, 0.6) is 0 Å². The second kappa shape index (κ2) is 7.26. The highest BCUT2D eigenvalue weighted by Crippen LogP contribution is 2.23. The lowest BCUT2D eigenvalue weighted by Gasteiger charge is -2.20. The van der Waals surface area contributed by atoms with Crippen molar-refractivity contribution in [2.45, 2.75) is 40.0 Å². The number of carboxylic acid groups (broad SMARTS) is 1. The van der Waals surface area contributed by atoms with Gasteiger partial charge in [-0.3, -0.25) is 9.59 Å². The van der Waals surface area contributed by atoms with Crippen LogP contribution in [0.15, 0.2) is 0 Å². The first-order chi connectivity index (χ1) is 7.01. The summed E-state index contributed by atoms with van der Waals surface area (Å²) in [5.41, 5.74) is 0. The molecule has 0 aliphatic heterocycles. The lowest BCUT2D eigenvalue weighted by atomic mass is 9.86. The molecule has 0 aromatic heterocycles. The summed E-state index contributed by atoms with van der Waals surface area (Å²) in [5, 5.41) is 8.72. The van der Waals surface area contributed by atoms with Gasteiger partial charge in [0, 0.05) is 12.8 Å². The number of rotatable bonds is 7. The average Bonchev–Trinajstić information content (AvgIpc) is 2.15. The first-order valence-corrected chi connectivity index (χ1v) is 5.38. The second-order valence-electron chi connectivity index (χ2n) is 3.75. The second-order valence-corrected chi connectivity index (χ2v) is 3.75. The van der Waals surface area contributed by atoms with Crippen LogP contribution in [0.4, 0.5) is 0 Å². The highest BCUT2D eigenvalue weighted by molar-refractivity contribution is 5.72. The molecule has 0 fully saturated rings. The van der Waals surface area contributed by atoms with Crippen LogP contribution in [-0.2, 0) is 14.3 Å². The number of aliphatic carboxylic acids is 1. The van der Waals surface area contributed by atoms with Crippen LogP contribution in [0.2, 0.25) is 0 Å². The predicted molar refractivity (Wildman–Crippen MR) is 56.4 cm³/mol. The van der Waals surface area contributed by atoms with Gasteiger partial charge in [0.1, 0.15) is 0 Å². The van der Waals surface area contributed by atoms with E-state index in [1.54, 1.807) is 6.92 Å². The molecule has 0 rings (SSSR count). The highest BCUT2D eigenvalue weighted by atomic mass is 16.5. The summed E-state index contributed by atoms with van der Waals surface area (Å²) in [7, 11) is 0. The third-order valence-electron chi connectivity index (χ3n) is 2.62. The smallest absolute Gasteiger partial charge is 0.306 e. The zero-order valence-corrected chi connectivity index (χ0v) is 9.66. The molecule has 0 aromatic carbocycles. The van der Waals surface area contributed by atoms with E-state index in [0.29, 0.717) is 6.61 Å². The van der Waals surface area contributed by atoms with Gasteiger partial charge >= 0.3 is 11.9 Å². The molecule has 0 saturated heterocycles. The largest absolute Gasteiger partial charge is 0.481 e. The van der Waals surface area contributed by atoms with Crippen LogP contribution in [0.1, 0.15) is 40.0 Å². The Bertz CT molecular complexity index is 213. The normalized spacial score (nSPS) is 14.3. The fraction of sp³-hybridized carbons (Fsp3) is 0.818. The number of carbonyl (C=O) groups is 2. The van der Waals surface area contributed by atoms with E-state index in [4.69, 9.17) is 9.84 Å². The van der Waals surface area contributed by atoms with Crippen molar-refractivity contribution in [1.82, 2.24) is 0 Å². The van der Waals surface area contributed by atoms with Gasteiger partial charge in [-0.1, -0.05) is 20.3 Å². The number of hydrogen-bond acceptors (Lipinski definition) is 3. The van der Waals surface area contributed by atoms with E-state index in [1.165, 1.54) is 0 Å². The molecule has 1 N–H and O–H groups in total. The number of carboxylic acids is 1. The third-order valence-corrected chi connectivity index (χ3v) is 2.62. The summed E-state index contributed by atoms with van der Waals surface area (Å²) in [5.74, 6) is -1.05. The van der Waals surface area contributed by atoms with E-state index in [1.807, 2.05) is 13.8 Å². The van der Waals surface area contributed by atoms with Crippen molar-refractivity contribution in [3.8, 4) is 0 Å². The molecule has 0 aromatic rings. The van der Waals surface area contributed by atoms with Crippen molar-refractivity contribution in [2.24, 2.45) is 11.8 Å². The topological polar surface area (TPSA) is 63.6 Å². The van der Waals surface area contributed by atoms with Crippen molar-refractivity contribution in [2.75, 3.05) is 6.61 Å². The van der Waals surface area contributed by atoms with Gasteiger partial charge in [0.2, 0.25) is 0 Å². The molecule has 0 spiro atoms. The van der Waals surface area contributed by atoms with E-state index in [2.05, 4.69) is 0 Å². The highest BCUT2D eigenvalue weighted by Gasteiger charge is 2.22. The van der Waals surface area contributed by atoms with Gasteiger partial charge < -0.3 is 9.84 Å². The minimum absolute atomic E-state index is 0.0355. The zero-order chi connectivity index (χ0) is 11.8. The van der Waals surface area contributed by atoms with Crippen LogP contribution in [0, 0.1) is 11.8 Å². The van der Waals surface area contributed by atoms with Gasteiger partial charge in [0.25, 0.3) is 0 Å². The van der Waals surface area contributed by atoms with Crippen LogP contribution in [0.3, 0.4) is 0 Å². The Balaban J connectivity index is 4.23.